The first-order valence-electron chi connectivity index (χ1n) is 9.23. The Labute approximate surface area is 162 Å². The Bertz CT molecular complexity index is 709. The first-order chi connectivity index (χ1) is 13.2. The molecule has 10 heteroatoms. The number of hydrogen-bond donors (Lipinski definition) is 1. The lowest BCUT2D eigenvalue weighted by Gasteiger charge is -2.31. The molecule has 0 saturated carbocycles. The first-order valence-corrected chi connectivity index (χ1v) is 9.23. The van der Waals surface area contributed by atoms with Crippen molar-refractivity contribution in [3.63, 3.8) is 0 Å². The average Bonchev–Trinajstić information content (AvgIpc) is 3.12. The van der Waals surface area contributed by atoms with Gasteiger partial charge in [-0.1, -0.05) is 13.3 Å². The summed E-state index contributed by atoms with van der Waals surface area (Å²) in [6, 6.07) is 0. The lowest BCUT2D eigenvalue weighted by molar-refractivity contribution is -0.978. The van der Waals surface area contributed by atoms with E-state index in [0.29, 0.717) is 6.42 Å². The van der Waals surface area contributed by atoms with Crippen LogP contribution in [0, 0.1) is 0 Å². The third-order valence-electron chi connectivity index (χ3n) is 4.65. The lowest BCUT2D eigenvalue weighted by atomic mass is 10.2. The Kier molecular flexibility index (Phi) is 6.79. The van der Waals surface area contributed by atoms with Crippen LogP contribution in [0.25, 0.3) is 0 Å². The predicted molar refractivity (Wildman–Crippen MR) is 93.2 cm³/mol. The summed E-state index contributed by atoms with van der Waals surface area (Å²) in [5.41, 5.74) is 0. The number of likely N-dealkylation sites (tertiary alicyclic amines) is 1. The minimum Gasteiger partial charge on any atom is -0.303 e. The summed E-state index contributed by atoms with van der Waals surface area (Å²) < 4.78 is -1.20. The van der Waals surface area contributed by atoms with Gasteiger partial charge in [0.15, 0.2) is 0 Å². The van der Waals surface area contributed by atoms with Gasteiger partial charge in [0.05, 0.1) is 19.3 Å². The van der Waals surface area contributed by atoms with Crippen molar-refractivity contribution in [1.29, 1.82) is 0 Å². The molecule has 0 aromatic rings. The molecule has 1 N–H and O–H groups in total. The minimum absolute atomic E-state index is 0.0594. The van der Waals surface area contributed by atoms with Gasteiger partial charge in [-0.2, -0.15) is 0 Å². The number of rotatable bonds is 9. The van der Waals surface area contributed by atoms with Crippen LogP contribution in [0.5, 0.6) is 0 Å². The number of nitrogens with one attached hydrogen (secondary N) is 1. The Morgan fingerprint density at radius 1 is 1.11 bits per heavy atom. The van der Waals surface area contributed by atoms with Gasteiger partial charge in [-0.3, -0.25) is 24.1 Å². The molecular formula is C18H24N3O7+. The van der Waals surface area contributed by atoms with Gasteiger partial charge in [0.2, 0.25) is 12.1 Å². The van der Waals surface area contributed by atoms with Crippen LogP contribution in [0.4, 0.5) is 0 Å². The van der Waals surface area contributed by atoms with Crippen molar-refractivity contribution < 1.29 is 38.3 Å². The van der Waals surface area contributed by atoms with Crippen LogP contribution in [0.2, 0.25) is 0 Å². The highest BCUT2D eigenvalue weighted by Gasteiger charge is 2.59. The van der Waals surface area contributed by atoms with Gasteiger partial charge in [0.1, 0.15) is 0 Å². The Morgan fingerprint density at radius 2 is 1.68 bits per heavy atom. The fourth-order valence-corrected chi connectivity index (χ4v) is 3.09. The van der Waals surface area contributed by atoms with E-state index in [0.717, 1.165) is 23.5 Å². The normalized spacial score (nSPS) is 19.3. The second kappa shape index (κ2) is 8.87. The monoisotopic (exact) mass is 394 g/mol. The SMILES string of the molecule is CCCCC(=O)O[N+]1(C(C)NC(=O)CCN2C(=O)C=CC2=O)C(=O)CCC1=O. The number of imide groups is 2. The molecule has 0 aromatic heterocycles. The van der Waals surface area contributed by atoms with Gasteiger partial charge in [-0.15, -0.1) is 0 Å². The number of amides is 5. The van der Waals surface area contributed by atoms with Crippen molar-refractivity contribution in [2.75, 3.05) is 6.54 Å². The number of quaternary nitrogens is 1. The molecule has 1 saturated heterocycles. The summed E-state index contributed by atoms with van der Waals surface area (Å²) in [5.74, 6) is -3.50. The van der Waals surface area contributed by atoms with Gasteiger partial charge in [0, 0.05) is 36.7 Å². The Balaban J connectivity index is 2.03. The smallest absolute Gasteiger partial charge is 0.303 e. The van der Waals surface area contributed by atoms with Crippen LogP contribution in [0.3, 0.4) is 0 Å². The van der Waals surface area contributed by atoms with Gasteiger partial charge < -0.3 is 5.32 Å². The molecule has 2 rings (SSSR count). The molecule has 0 bridgehead atoms. The molecule has 2 heterocycles. The van der Waals surface area contributed by atoms with Crippen LogP contribution >= 0.6 is 0 Å². The molecule has 0 spiro atoms. The van der Waals surface area contributed by atoms with Crippen molar-refractivity contribution in [3.05, 3.63) is 12.2 Å². The van der Waals surface area contributed by atoms with Gasteiger partial charge in [-0.25, -0.2) is 14.4 Å². The molecule has 2 aliphatic heterocycles. The van der Waals surface area contributed by atoms with E-state index in [-0.39, 0.29) is 32.2 Å². The van der Waals surface area contributed by atoms with Crippen molar-refractivity contribution in [2.24, 2.45) is 0 Å². The fourth-order valence-electron chi connectivity index (χ4n) is 3.09. The summed E-state index contributed by atoms with van der Waals surface area (Å²) in [4.78, 5) is 78.3. The third-order valence-corrected chi connectivity index (χ3v) is 4.65. The molecule has 0 aliphatic carbocycles. The summed E-state index contributed by atoms with van der Waals surface area (Å²) >= 11 is 0. The van der Waals surface area contributed by atoms with Crippen LogP contribution in [0.1, 0.15) is 52.4 Å². The number of nitrogens with zero attached hydrogens (tertiary/aromatic N) is 2. The zero-order valence-corrected chi connectivity index (χ0v) is 15.9. The molecule has 1 fully saturated rings. The summed E-state index contributed by atoms with van der Waals surface area (Å²) in [5, 5.41) is 2.48. The van der Waals surface area contributed by atoms with Crippen LogP contribution in [0.15, 0.2) is 12.2 Å². The lowest BCUT2D eigenvalue weighted by Crippen LogP contribution is -2.64. The van der Waals surface area contributed by atoms with Gasteiger partial charge in [-0.05, 0) is 6.42 Å². The first kappa shape index (κ1) is 21.4. The van der Waals surface area contributed by atoms with Crippen LogP contribution in [-0.2, 0) is 33.6 Å². The largest absolute Gasteiger partial charge is 0.368 e. The van der Waals surface area contributed by atoms with E-state index >= 15 is 0 Å². The standard InChI is InChI=1S/C18H23N3O7/c1-3-4-5-18(27)28-21(16(25)8-9-17(21)26)12(2)19-13(22)10-11-20-14(23)6-7-15(20)24/h6-7,12H,3-5,8-11H2,1-2H3/p+1. The highest BCUT2D eigenvalue weighted by molar-refractivity contribution is 6.13. The van der Waals surface area contributed by atoms with E-state index in [9.17, 15) is 28.8 Å². The number of carbonyl (C=O) groups excluding carboxylic acids is 6. The molecule has 1 unspecified atom stereocenters. The molecule has 0 aromatic carbocycles. The minimum atomic E-state index is -1.20. The number of hydrogen-bond acceptors (Lipinski definition) is 7. The fraction of sp³-hybridized carbons (Fsp3) is 0.556. The molecule has 1 atom stereocenters. The van der Waals surface area contributed by atoms with Gasteiger partial charge in [0.25, 0.3) is 11.8 Å². The molecular weight excluding hydrogens is 370 g/mol. The maximum atomic E-state index is 12.4. The topological polar surface area (TPSA) is 127 Å². The highest BCUT2D eigenvalue weighted by atomic mass is 16.8. The van der Waals surface area contributed by atoms with Crippen molar-refractivity contribution in [3.8, 4) is 0 Å². The average molecular weight is 394 g/mol. The molecule has 28 heavy (non-hydrogen) atoms. The van der Waals surface area contributed by atoms with E-state index in [4.69, 9.17) is 4.84 Å². The number of carbonyl (C=O) groups is 6. The summed E-state index contributed by atoms with van der Waals surface area (Å²) in [6.45, 7) is 3.15. The van der Waals surface area contributed by atoms with E-state index < -0.39 is 46.3 Å². The van der Waals surface area contributed by atoms with Crippen LogP contribution in [-0.4, -0.2) is 57.8 Å². The quantitative estimate of drug-likeness (QED) is 0.433. The molecule has 152 valence electrons. The van der Waals surface area contributed by atoms with Crippen LogP contribution < -0.4 is 5.32 Å². The number of hydroxylamine groups is 3. The van der Waals surface area contributed by atoms with E-state index in [2.05, 4.69) is 5.32 Å². The van der Waals surface area contributed by atoms with Gasteiger partial charge >= 0.3 is 17.8 Å². The molecule has 2 aliphatic rings. The highest BCUT2D eigenvalue weighted by Crippen LogP contribution is 2.27. The molecule has 5 amide bonds. The van der Waals surface area contributed by atoms with E-state index in [1.54, 1.807) is 0 Å². The second-order valence-corrected chi connectivity index (χ2v) is 6.67. The maximum absolute atomic E-state index is 12.4. The predicted octanol–water partition coefficient (Wildman–Crippen LogP) is 0.0759. The Hall–Kier alpha value is -2.88. The van der Waals surface area contributed by atoms with Crippen molar-refractivity contribution in [2.45, 2.75) is 58.5 Å². The zero-order valence-electron chi connectivity index (χ0n) is 15.9. The van der Waals surface area contributed by atoms with E-state index in [1.807, 2.05) is 6.92 Å². The Morgan fingerprint density at radius 3 is 2.21 bits per heavy atom. The summed E-state index contributed by atoms with van der Waals surface area (Å²) in [7, 11) is 0. The van der Waals surface area contributed by atoms with E-state index in [1.165, 1.54) is 6.92 Å². The molecule has 0 radical (unpaired) electrons. The van der Waals surface area contributed by atoms with Crippen molar-refractivity contribution in [1.82, 2.24) is 10.2 Å². The van der Waals surface area contributed by atoms with Crippen molar-refractivity contribution >= 4 is 35.5 Å². The zero-order chi connectivity index (χ0) is 20.9. The third kappa shape index (κ3) is 4.33. The second-order valence-electron chi connectivity index (χ2n) is 6.67. The number of unbranched alkanes of at least 4 members (excludes halogenated alkanes) is 1. The maximum Gasteiger partial charge on any atom is 0.368 e. The molecule has 10 nitrogen and oxygen atoms in total. The summed E-state index contributed by atoms with van der Waals surface area (Å²) in [6.07, 6.45) is 2.08.